The first-order chi connectivity index (χ1) is 7.50. The van der Waals surface area contributed by atoms with Crippen molar-refractivity contribution in [2.75, 3.05) is 5.73 Å². The minimum absolute atomic E-state index is 0.171. The highest BCUT2D eigenvalue weighted by atomic mass is 32.2. The average molecular weight is 260 g/mol. The van der Waals surface area contributed by atoms with Gasteiger partial charge in [-0.2, -0.15) is 0 Å². The van der Waals surface area contributed by atoms with Crippen LogP contribution in [0.25, 0.3) is 0 Å². The lowest BCUT2D eigenvalue weighted by Crippen LogP contribution is -2.16. The van der Waals surface area contributed by atoms with Crippen molar-refractivity contribution < 1.29 is 8.42 Å². The molecule has 4 N–H and O–H groups in total. The lowest BCUT2D eigenvalue weighted by atomic mass is 9.88. The van der Waals surface area contributed by atoms with E-state index in [9.17, 15) is 8.42 Å². The van der Waals surface area contributed by atoms with E-state index in [1.54, 1.807) is 5.38 Å². The zero-order chi connectivity index (χ0) is 11.8. The quantitative estimate of drug-likeness (QED) is 0.853. The molecule has 90 valence electrons. The SMILES string of the molecule is Nc1csc(C2CCCCC2)c1S(N)(=O)=O. The average Bonchev–Trinajstić information content (AvgIpc) is 2.61. The van der Waals surface area contributed by atoms with E-state index in [2.05, 4.69) is 0 Å². The maximum Gasteiger partial charge on any atom is 0.241 e. The van der Waals surface area contributed by atoms with Crippen molar-refractivity contribution in [3.63, 3.8) is 0 Å². The molecule has 1 fully saturated rings. The van der Waals surface area contributed by atoms with Gasteiger partial charge >= 0.3 is 0 Å². The molecular weight excluding hydrogens is 244 g/mol. The van der Waals surface area contributed by atoms with E-state index in [4.69, 9.17) is 10.9 Å². The van der Waals surface area contributed by atoms with Crippen molar-refractivity contribution in [1.29, 1.82) is 0 Å². The molecule has 0 aromatic carbocycles. The van der Waals surface area contributed by atoms with Crippen LogP contribution in [0.1, 0.15) is 42.9 Å². The fourth-order valence-electron chi connectivity index (χ4n) is 2.33. The summed E-state index contributed by atoms with van der Waals surface area (Å²) in [6, 6.07) is 0. The Kier molecular flexibility index (Phi) is 3.23. The number of rotatable bonds is 2. The lowest BCUT2D eigenvalue weighted by Gasteiger charge is -2.21. The number of hydrogen-bond acceptors (Lipinski definition) is 4. The monoisotopic (exact) mass is 260 g/mol. The number of hydrogen-bond donors (Lipinski definition) is 2. The molecule has 4 nitrogen and oxygen atoms in total. The Labute approximate surface area is 99.7 Å². The van der Waals surface area contributed by atoms with Gasteiger partial charge < -0.3 is 5.73 Å². The van der Waals surface area contributed by atoms with Gasteiger partial charge in [0.2, 0.25) is 10.0 Å². The van der Waals surface area contributed by atoms with Crippen molar-refractivity contribution in [3.8, 4) is 0 Å². The summed E-state index contributed by atoms with van der Waals surface area (Å²) in [6.45, 7) is 0. The van der Waals surface area contributed by atoms with Crippen molar-refractivity contribution in [2.24, 2.45) is 5.14 Å². The first-order valence-corrected chi connectivity index (χ1v) is 7.82. The molecule has 0 radical (unpaired) electrons. The van der Waals surface area contributed by atoms with Crippen LogP contribution >= 0.6 is 11.3 Å². The number of primary sulfonamides is 1. The van der Waals surface area contributed by atoms with Gasteiger partial charge in [-0.05, 0) is 18.8 Å². The Hall–Kier alpha value is -0.590. The predicted octanol–water partition coefficient (Wildman–Crippen LogP) is 2.03. The second-order valence-electron chi connectivity index (χ2n) is 4.26. The summed E-state index contributed by atoms with van der Waals surface area (Å²) < 4.78 is 23.0. The van der Waals surface area contributed by atoms with Gasteiger partial charge in [-0.3, -0.25) is 0 Å². The smallest absolute Gasteiger partial charge is 0.241 e. The zero-order valence-corrected chi connectivity index (χ0v) is 10.6. The highest BCUT2D eigenvalue weighted by Gasteiger charge is 2.26. The van der Waals surface area contributed by atoms with E-state index in [1.807, 2.05) is 0 Å². The topological polar surface area (TPSA) is 86.2 Å². The summed E-state index contributed by atoms with van der Waals surface area (Å²) >= 11 is 1.43. The van der Waals surface area contributed by atoms with Crippen LogP contribution in [0, 0.1) is 0 Å². The van der Waals surface area contributed by atoms with Gasteiger partial charge in [-0.25, -0.2) is 13.6 Å². The number of nitrogen functional groups attached to an aromatic ring is 1. The van der Waals surface area contributed by atoms with Gasteiger partial charge in [0.1, 0.15) is 4.90 Å². The Morgan fingerprint density at radius 2 is 1.88 bits per heavy atom. The van der Waals surface area contributed by atoms with E-state index in [0.29, 0.717) is 11.6 Å². The lowest BCUT2D eigenvalue weighted by molar-refractivity contribution is 0.444. The van der Waals surface area contributed by atoms with Crippen LogP contribution in [-0.4, -0.2) is 8.42 Å². The van der Waals surface area contributed by atoms with E-state index in [0.717, 1.165) is 30.6 Å². The molecule has 0 saturated heterocycles. The number of thiophene rings is 1. The second-order valence-corrected chi connectivity index (χ2v) is 6.67. The van der Waals surface area contributed by atoms with Crippen molar-refractivity contribution in [1.82, 2.24) is 0 Å². The Morgan fingerprint density at radius 1 is 1.25 bits per heavy atom. The summed E-state index contributed by atoms with van der Waals surface area (Å²) in [5, 5.41) is 6.89. The molecule has 16 heavy (non-hydrogen) atoms. The Balaban J connectivity index is 2.41. The van der Waals surface area contributed by atoms with E-state index < -0.39 is 10.0 Å². The summed E-state index contributed by atoms with van der Waals surface area (Å²) in [4.78, 5) is 1.03. The second kappa shape index (κ2) is 4.35. The molecule has 1 aromatic heterocycles. The highest BCUT2D eigenvalue weighted by Crippen LogP contribution is 2.41. The summed E-state index contributed by atoms with van der Waals surface area (Å²) in [5.74, 6) is 0.323. The molecule has 1 aliphatic carbocycles. The van der Waals surface area contributed by atoms with Crippen molar-refractivity contribution >= 4 is 27.0 Å². The van der Waals surface area contributed by atoms with Crippen molar-refractivity contribution in [2.45, 2.75) is 42.9 Å². The van der Waals surface area contributed by atoms with Gasteiger partial charge in [-0.15, -0.1) is 11.3 Å². The van der Waals surface area contributed by atoms with Gasteiger partial charge in [0.15, 0.2) is 0 Å². The first-order valence-electron chi connectivity index (χ1n) is 5.40. The minimum atomic E-state index is -3.68. The predicted molar refractivity (Wildman–Crippen MR) is 65.9 cm³/mol. The van der Waals surface area contributed by atoms with E-state index in [-0.39, 0.29) is 4.90 Å². The van der Waals surface area contributed by atoms with Gasteiger partial charge in [0.05, 0.1) is 5.69 Å². The molecule has 1 heterocycles. The third-order valence-electron chi connectivity index (χ3n) is 3.06. The third-order valence-corrected chi connectivity index (χ3v) is 5.38. The number of nitrogens with two attached hydrogens (primary N) is 2. The van der Waals surface area contributed by atoms with Crippen LogP contribution < -0.4 is 10.9 Å². The molecule has 0 unspecified atom stereocenters. The van der Waals surface area contributed by atoms with Crippen LogP contribution in [0.4, 0.5) is 5.69 Å². The number of sulfonamides is 1. The fourth-order valence-corrected chi connectivity index (χ4v) is 4.75. The molecular formula is C10H16N2O2S2. The molecule has 0 atom stereocenters. The van der Waals surface area contributed by atoms with Gasteiger partial charge in [0, 0.05) is 10.3 Å². The molecule has 1 saturated carbocycles. The van der Waals surface area contributed by atoms with Crippen LogP contribution in [0.3, 0.4) is 0 Å². The fraction of sp³-hybridized carbons (Fsp3) is 0.600. The molecule has 0 spiro atoms. The van der Waals surface area contributed by atoms with Crippen molar-refractivity contribution in [3.05, 3.63) is 10.3 Å². The molecule has 1 aromatic rings. The standard InChI is InChI=1S/C10H16N2O2S2/c11-8-6-15-9(10(8)16(12,13)14)7-4-2-1-3-5-7/h6-7H,1-5,11H2,(H2,12,13,14). The summed E-state index contributed by atoms with van der Waals surface area (Å²) in [7, 11) is -3.68. The summed E-state index contributed by atoms with van der Waals surface area (Å²) in [5.41, 5.74) is 5.98. The van der Waals surface area contributed by atoms with E-state index >= 15 is 0 Å². The number of anilines is 1. The minimum Gasteiger partial charge on any atom is -0.397 e. The largest absolute Gasteiger partial charge is 0.397 e. The van der Waals surface area contributed by atoms with Crippen LogP contribution in [-0.2, 0) is 10.0 Å². The van der Waals surface area contributed by atoms with Crippen LogP contribution in [0.2, 0.25) is 0 Å². The first kappa shape index (κ1) is 11.9. The normalized spacial score (nSPS) is 18.8. The Bertz CT molecular complexity index is 473. The van der Waals surface area contributed by atoms with E-state index in [1.165, 1.54) is 17.8 Å². The molecule has 0 bridgehead atoms. The van der Waals surface area contributed by atoms with Crippen LogP contribution in [0.15, 0.2) is 10.3 Å². The van der Waals surface area contributed by atoms with Gasteiger partial charge in [0.25, 0.3) is 0 Å². The van der Waals surface area contributed by atoms with Gasteiger partial charge in [-0.1, -0.05) is 19.3 Å². The molecule has 0 aliphatic heterocycles. The maximum atomic E-state index is 11.5. The summed E-state index contributed by atoms with van der Waals surface area (Å²) in [6.07, 6.45) is 5.64. The highest BCUT2D eigenvalue weighted by molar-refractivity contribution is 7.89. The molecule has 6 heteroatoms. The maximum absolute atomic E-state index is 11.5. The third kappa shape index (κ3) is 2.23. The Morgan fingerprint density at radius 3 is 2.44 bits per heavy atom. The zero-order valence-electron chi connectivity index (χ0n) is 8.98. The molecule has 0 amide bonds. The molecule has 2 rings (SSSR count). The molecule has 1 aliphatic rings. The van der Waals surface area contributed by atoms with Crippen LogP contribution in [0.5, 0.6) is 0 Å².